The number of rotatable bonds is 4. The van der Waals surface area contributed by atoms with E-state index in [1.165, 1.54) is 0 Å². The molecule has 0 aliphatic rings. The van der Waals surface area contributed by atoms with Gasteiger partial charge in [-0.2, -0.15) is 0 Å². The van der Waals surface area contributed by atoms with Gasteiger partial charge in [0, 0.05) is 18.1 Å². The Hall–Kier alpha value is -0.600. The van der Waals surface area contributed by atoms with Gasteiger partial charge in [-0.25, -0.2) is 4.39 Å². The van der Waals surface area contributed by atoms with Crippen molar-refractivity contribution in [1.29, 1.82) is 0 Å². The lowest BCUT2D eigenvalue weighted by Crippen LogP contribution is -2.30. The SMILES string of the molecule is CC(C)(F)CNCc1ccccc1Cl. The van der Waals surface area contributed by atoms with Gasteiger partial charge in [-0.1, -0.05) is 29.8 Å². The van der Waals surface area contributed by atoms with Gasteiger partial charge in [0.2, 0.25) is 0 Å². The number of hydrogen-bond acceptors (Lipinski definition) is 1. The second kappa shape index (κ2) is 4.76. The van der Waals surface area contributed by atoms with Gasteiger partial charge < -0.3 is 5.32 Å². The van der Waals surface area contributed by atoms with Crippen LogP contribution in [0.5, 0.6) is 0 Å². The predicted octanol–water partition coefficient (Wildman–Crippen LogP) is 3.18. The molecule has 1 aromatic carbocycles. The molecule has 0 aromatic heterocycles. The molecule has 0 amide bonds. The molecule has 78 valence electrons. The van der Waals surface area contributed by atoms with E-state index in [-0.39, 0.29) is 0 Å². The molecule has 0 fully saturated rings. The molecule has 0 unspecified atom stereocenters. The Morgan fingerprint density at radius 2 is 2.00 bits per heavy atom. The molecule has 1 aromatic rings. The minimum absolute atomic E-state index is 0.332. The van der Waals surface area contributed by atoms with E-state index in [4.69, 9.17) is 11.6 Å². The second-order valence-electron chi connectivity index (χ2n) is 3.91. The molecule has 0 saturated carbocycles. The lowest BCUT2D eigenvalue weighted by molar-refractivity contribution is 0.210. The van der Waals surface area contributed by atoms with Crippen LogP contribution in [-0.2, 0) is 6.54 Å². The van der Waals surface area contributed by atoms with Crippen LogP contribution in [-0.4, -0.2) is 12.2 Å². The third kappa shape index (κ3) is 4.07. The second-order valence-corrected chi connectivity index (χ2v) is 4.32. The van der Waals surface area contributed by atoms with E-state index < -0.39 is 5.67 Å². The van der Waals surface area contributed by atoms with Crippen molar-refractivity contribution in [2.75, 3.05) is 6.54 Å². The number of halogens is 2. The monoisotopic (exact) mass is 215 g/mol. The lowest BCUT2D eigenvalue weighted by atomic mass is 10.1. The molecule has 1 nitrogen and oxygen atoms in total. The van der Waals surface area contributed by atoms with Gasteiger partial charge in [0.15, 0.2) is 0 Å². The number of alkyl halides is 1. The van der Waals surface area contributed by atoms with Crippen LogP contribution >= 0.6 is 11.6 Å². The first-order valence-corrected chi connectivity index (χ1v) is 5.00. The fourth-order valence-electron chi connectivity index (χ4n) is 1.14. The Balaban J connectivity index is 2.43. The molecule has 0 radical (unpaired) electrons. The Kier molecular flexibility index (Phi) is 3.90. The molecule has 14 heavy (non-hydrogen) atoms. The van der Waals surface area contributed by atoms with Crippen molar-refractivity contribution < 1.29 is 4.39 Å². The lowest BCUT2D eigenvalue weighted by Gasteiger charge is -2.15. The van der Waals surface area contributed by atoms with E-state index in [1.54, 1.807) is 13.8 Å². The van der Waals surface area contributed by atoms with Gasteiger partial charge >= 0.3 is 0 Å². The van der Waals surface area contributed by atoms with Gasteiger partial charge in [-0.3, -0.25) is 0 Å². The van der Waals surface area contributed by atoms with E-state index in [2.05, 4.69) is 5.32 Å². The van der Waals surface area contributed by atoms with Crippen molar-refractivity contribution in [3.63, 3.8) is 0 Å². The number of benzene rings is 1. The van der Waals surface area contributed by atoms with Crippen molar-refractivity contribution in [2.45, 2.75) is 26.1 Å². The molecule has 0 bridgehead atoms. The molecular formula is C11H15ClFN. The zero-order chi connectivity index (χ0) is 10.6. The van der Waals surface area contributed by atoms with Crippen molar-refractivity contribution >= 4 is 11.6 Å². The van der Waals surface area contributed by atoms with Gasteiger partial charge in [-0.15, -0.1) is 0 Å². The van der Waals surface area contributed by atoms with Gasteiger partial charge in [0.25, 0.3) is 0 Å². The third-order valence-corrected chi connectivity index (χ3v) is 2.19. The van der Waals surface area contributed by atoms with Crippen molar-refractivity contribution in [1.82, 2.24) is 5.32 Å². The molecular weight excluding hydrogens is 201 g/mol. The van der Waals surface area contributed by atoms with Crippen molar-refractivity contribution in [3.8, 4) is 0 Å². The zero-order valence-electron chi connectivity index (χ0n) is 8.48. The van der Waals surface area contributed by atoms with Gasteiger partial charge in [0.1, 0.15) is 5.67 Å². The summed E-state index contributed by atoms with van der Waals surface area (Å²) in [7, 11) is 0. The van der Waals surface area contributed by atoms with Crippen molar-refractivity contribution in [3.05, 3.63) is 34.9 Å². The molecule has 0 aliphatic carbocycles. The zero-order valence-corrected chi connectivity index (χ0v) is 9.24. The first kappa shape index (κ1) is 11.5. The molecule has 0 spiro atoms. The summed E-state index contributed by atoms with van der Waals surface area (Å²) in [6.45, 7) is 4.03. The first-order valence-electron chi connectivity index (χ1n) is 4.62. The van der Waals surface area contributed by atoms with Crippen LogP contribution in [0.25, 0.3) is 0 Å². The summed E-state index contributed by atoms with van der Waals surface area (Å²) in [5.41, 5.74) is -0.181. The minimum Gasteiger partial charge on any atom is -0.309 e. The summed E-state index contributed by atoms with van der Waals surface area (Å²) in [6, 6.07) is 7.56. The molecule has 1 rings (SSSR count). The van der Waals surface area contributed by atoms with Crippen LogP contribution < -0.4 is 5.32 Å². The van der Waals surface area contributed by atoms with Crippen LogP contribution in [0.3, 0.4) is 0 Å². The maximum Gasteiger partial charge on any atom is 0.117 e. The minimum atomic E-state index is -1.18. The first-order chi connectivity index (χ1) is 6.49. The summed E-state index contributed by atoms with van der Waals surface area (Å²) >= 11 is 5.94. The summed E-state index contributed by atoms with van der Waals surface area (Å²) in [4.78, 5) is 0. The normalized spacial score (nSPS) is 11.7. The molecule has 3 heteroatoms. The largest absolute Gasteiger partial charge is 0.309 e. The predicted molar refractivity (Wildman–Crippen MR) is 58.3 cm³/mol. The van der Waals surface area contributed by atoms with Crippen LogP contribution in [0.15, 0.2) is 24.3 Å². The number of nitrogens with one attached hydrogen (secondary N) is 1. The van der Waals surface area contributed by atoms with Gasteiger partial charge in [0.05, 0.1) is 0 Å². The molecule has 0 aliphatic heterocycles. The van der Waals surface area contributed by atoms with E-state index in [9.17, 15) is 4.39 Å². The molecule has 1 N–H and O–H groups in total. The van der Waals surface area contributed by atoms with E-state index >= 15 is 0 Å². The standard InChI is InChI=1S/C11H15ClFN/c1-11(2,13)8-14-7-9-5-3-4-6-10(9)12/h3-6,14H,7-8H2,1-2H3. The summed E-state index contributed by atoms with van der Waals surface area (Å²) in [5.74, 6) is 0. The summed E-state index contributed by atoms with van der Waals surface area (Å²) in [5, 5.41) is 3.74. The van der Waals surface area contributed by atoms with E-state index in [1.807, 2.05) is 24.3 Å². The highest BCUT2D eigenvalue weighted by Crippen LogP contribution is 2.14. The topological polar surface area (TPSA) is 12.0 Å². The third-order valence-electron chi connectivity index (χ3n) is 1.82. The maximum absolute atomic E-state index is 13.1. The summed E-state index contributed by atoms with van der Waals surface area (Å²) < 4.78 is 13.1. The number of hydrogen-bond donors (Lipinski definition) is 1. The Morgan fingerprint density at radius 3 is 2.57 bits per heavy atom. The smallest absolute Gasteiger partial charge is 0.117 e. The van der Waals surface area contributed by atoms with Crippen molar-refractivity contribution in [2.24, 2.45) is 0 Å². The fourth-order valence-corrected chi connectivity index (χ4v) is 1.34. The van der Waals surface area contributed by atoms with E-state index in [0.717, 1.165) is 10.6 Å². The molecule has 0 atom stereocenters. The van der Waals surface area contributed by atoms with Crippen LogP contribution in [0, 0.1) is 0 Å². The Labute approximate surface area is 89.3 Å². The van der Waals surface area contributed by atoms with Crippen LogP contribution in [0.1, 0.15) is 19.4 Å². The molecule has 0 heterocycles. The Morgan fingerprint density at radius 1 is 1.36 bits per heavy atom. The molecule has 0 saturated heterocycles. The highest BCUT2D eigenvalue weighted by molar-refractivity contribution is 6.31. The van der Waals surface area contributed by atoms with E-state index in [0.29, 0.717) is 13.1 Å². The highest BCUT2D eigenvalue weighted by atomic mass is 35.5. The van der Waals surface area contributed by atoms with Gasteiger partial charge in [-0.05, 0) is 25.5 Å². The summed E-state index contributed by atoms with van der Waals surface area (Å²) in [6.07, 6.45) is 0. The quantitative estimate of drug-likeness (QED) is 0.814. The van der Waals surface area contributed by atoms with Crippen LogP contribution in [0.4, 0.5) is 4.39 Å². The fraction of sp³-hybridized carbons (Fsp3) is 0.455. The van der Waals surface area contributed by atoms with Crippen LogP contribution in [0.2, 0.25) is 5.02 Å². The maximum atomic E-state index is 13.1. The average Bonchev–Trinajstić information content (AvgIpc) is 2.06. The highest BCUT2D eigenvalue weighted by Gasteiger charge is 2.14. The Bertz CT molecular complexity index is 294. The average molecular weight is 216 g/mol.